The lowest BCUT2D eigenvalue weighted by Gasteiger charge is -2.03. The summed E-state index contributed by atoms with van der Waals surface area (Å²) in [6.07, 6.45) is 1.59. The van der Waals surface area contributed by atoms with Crippen molar-refractivity contribution in [2.24, 2.45) is 0 Å². The predicted molar refractivity (Wildman–Crippen MR) is 94.1 cm³/mol. The van der Waals surface area contributed by atoms with Gasteiger partial charge in [0.15, 0.2) is 5.76 Å². The number of hydrogen-bond donors (Lipinski definition) is 1. The first-order chi connectivity index (χ1) is 11.0. The third-order valence-corrected chi connectivity index (χ3v) is 4.03. The van der Waals surface area contributed by atoms with Gasteiger partial charge in [0.2, 0.25) is 0 Å². The van der Waals surface area contributed by atoms with Crippen molar-refractivity contribution >= 4 is 50.9 Å². The molecule has 0 saturated heterocycles. The fraction of sp³-hybridized carbons (Fsp3) is 0. The maximum atomic E-state index is 12.2. The summed E-state index contributed by atoms with van der Waals surface area (Å²) in [4.78, 5) is 16.3. The van der Waals surface area contributed by atoms with Crippen molar-refractivity contribution in [1.29, 1.82) is 0 Å². The zero-order chi connectivity index (χ0) is 16.4. The molecule has 116 valence electrons. The Kier molecular flexibility index (Phi) is 4.71. The van der Waals surface area contributed by atoms with Gasteiger partial charge in [0.05, 0.1) is 5.02 Å². The van der Waals surface area contributed by atoms with E-state index in [4.69, 9.17) is 27.6 Å². The van der Waals surface area contributed by atoms with E-state index in [2.05, 4.69) is 26.2 Å². The van der Waals surface area contributed by atoms with Gasteiger partial charge >= 0.3 is 0 Å². The van der Waals surface area contributed by atoms with E-state index >= 15 is 0 Å². The Balaban J connectivity index is 1.82. The molecule has 0 aliphatic heterocycles. The lowest BCUT2D eigenvalue weighted by Crippen LogP contribution is -2.11. The van der Waals surface area contributed by atoms with Gasteiger partial charge < -0.3 is 9.73 Å². The highest BCUT2D eigenvalue weighted by molar-refractivity contribution is 9.10. The first-order valence-corrected chi connectivity index (χ1v) is 8.06. The third-order valence-electron chi connectivity index (χ3n) is 2.99. The quantitative estimate of drug-likeness (QED) is 0.604. The van der Waals surface area contributed by atoms with Crippen molar-refractivity contribution in [3.05, 3.63) is 68.9 Å². The standard InChI is InChI=1S/C16H9BrCl2N2O2/c17-9-1-6-15(20-8-9)21-16(22)14-5-4-13(23-14)11-7-10(18)2-3-12(11)19/h1-8H,(H,20,21,22). The zero-order valence-electron chi connectivity index (χ0n) is 11.5. The number of anilines is 1. The molecule has 0 bridgehead atoms. The normalized spacial score (nSPS) is 10.6. The molecule has 0 aliphatic rings. The number of rotatable bonds is 3. The molecular weight excluding hydrogens is 403 g/mol. The average molecular weight is 412 g/mol. The Morgan fingerprint density at radius 3 is 2.70 bits per heavy atom. The number of carbonyl (C=O) groups is 1. The van der Waals surface area contributed by atoms with E-state index in [9.17, 15) is 4.79 Å². The number of carbonyl (C=O) groups excluding carboxylic acids is 1. The number of nitrogens with one attached hydrogen (secondary N) is 1. The van der Waals surface area contributed by atoms with Crippen molar-refractivity contribution in [1.82, 2.24) is 4.98 Å². The van der Waals surface area contributed by atoms with E-state index in [1.807, 2.05) is 0 Å². The number of halogens is 3. The molecule has 0 radical (unpaired) electrons. The van der Waals surface area contributed by atoms with Gasteiger partial charge in [-0.2, -0.15) is 0 Å². The molecule has 23 heavy (non-hydrogen) atoms. The van der Waals surface area contributed by atoms with Crippen LogP contribution in [0.5, 0.6) is 0 Å². The molecule has 2 aromatic heterocycles. The van der Waals surface area contributed by atoms with Crippen LogP contribution in [0.15, 0.2) is 57.6 Å². The minimum atomic E-state index is -0.399. The zero-order valence-corrected chi connectivity index (χ0v) is 14.6. The van der Waals surface area contributed by atoms with Gasteiger partial charge in [-0.1, -0.05) is 23.2 Å². The lowest BCUT2D eigenvalue weighted by molar-refractivity contribution is 0.0997. The van der Waals surface area contributed by atoms with Crippen molar-refractivity contribution in [3.8, 4) is 11.3 Å². The second-order valence-electron chi connectivity index (χ2n) is 4.60. The van der Waals surface area contributed by atoms with Crippen LogP contribution in [0, 0.1) is 0 Å². The summed E-state index contributed by atoms with van der Waals surface area (Å²) in [6.45, 7) is 0. The lowest BCUT2D eigenvalue weighted by atomic mass is 10.2. The van der Waals surface area contributed by atoms with Crippen molar-refractivity contribution < 1.29 is 9.21 Å². The molecule has 4 nitrogen and oxygen atoms in total. The molecule has 0 saturated carbocycles. The topological polar surface area (TPSA) is 55.1 Å². The molecule has 2 heterocycles. The minimum absolute atomic E-state index is 0.153. The van der Waals surface area contributed by atoms with Gasteiger partial charge in [-0.05, 0) is 58.4 Å². The third kappa shape index (κ3) is 3.75. The van der Waals surface area contributed by atoms with Gasteiger partial charge in [0.1, 0.15) is 11.6 Å². The second-order valence-corrected chi connectivity index (χ2v) is 6.36. The van der Waals surface area contributed by atoms with E-state index in [0.717, 1.165) is 4.47 Å². The fourth-order valence-corrected chi connectivity index (χ4v) is 2.54. The molecule has 1 amide bonds. The highest BCUT2D eigenvalue weighted by Gasteiger charge is 2.15. The Bertz CT molecular complexity index is 863. The highest BCUT2D eigenvalue weighted by atomic mass is 79.9. The number of furan rings is 1. The van der Waals surface area contributed by atoms with Crippen LogP contribution in [0.3, 0.4) is 0 Å². The second kappa shape index (κ2) is 6.74. The van der Waals surface area contributed by atoms with Gasteiger partial charge in [0.25, 0.3) is 5.91 Å². The van der Waals surface area contributed by atoms with Crippen LogP contribution in [-0.2, 0) is 0 Å². The van der Waals surface area contributed by atoms with Crippen LogP contribution in [-0.4, -0.2) is 10.9 Å². The van der Waals surface area contributed by atoms with Gasteiger partial charge in [-0.25, -0.2) is 4.98 Å². The summed E-state index contributed by atoms with van der Waals surface area (Å²) in [5.41, 5.74) is 0.625. The summed E-state index contributed by atoms with van der Waals surface area (Å²) in [6, 6.07) is 11.7. The highest BCUT2D eigenvalue weighted by Crippen LogP contribution is 2.31. The molecule has 0 spiro atoms. The summed E-state index contributed by atoms with van der Waals surface area (Å²) in [7, 11) is 0. The van der Waals surface area contributed by atoms with E-state index < -0.39 is 5.91 Å². The van der Waals surface area contributed by atoms with Crippen LogP contribution in [0.2, 0.25) is 10.0 Å². The average Bonchev–Trinajstić information content (AvgIpc) is 3.02. The van der Waals surface area contributed by atoms with Gasteiger partial charge in [0, 0.05) is 21.3 Å². The number of aromatic nitrogens is 1. The van der Waals surface area contributed by atoms with Crippen molar-refractivity contribution in [2.75, 3.05) is 5.32 Å². The van der Waals surface area contributed by atoms with Crippen LogP contribution >= 0.6 is 39.1 Å². The Hall–Kier alpha value is -1.82. The minimum Gasteiger partial charge on any atom is -0.451 e. The maximum Gasteiger partial charge on any atom is 0.292 e. The summed E-state index contributed by atoms with van der Waals surface area (Å²) in [5.74, 6) is 0.647. The molecule has 1 aromatic carbocycles. The number of benzene rings is 1. The molecule has 3 rings (SSSR count). The number of pyridine rings is 1. The summed E-state index contributed by atoms with van der Waals surface area (Å²) < 4.78 is 6.40. The van der Waals surface area contributed by atoms with E-state index in [1.54, 1.807) is 48.7 Å². The number of hydrogen-bond acceptors (Lipinski definition) is 3. The van der Waals surface area contributed by atoms with Crippen LogP contribution in [0.4, 0.5) is 5.82 Å². The monoisotopic (exact) mass is 410 g/mol. The van der Waals surface area contributed by atoms with E-state index in [0.29, 0.717) is 27.2 Å². The van der Waals surface area contributed by atoms with Gasteiger partial charge in [-0.15, -0.1) is 0 Å². The predicted octanol–water partition coefficient (Wildman–Crippen LogP) is 5.66. The SMILES string of the molecule is O=C(Nc1ccc(Br)cn1)c1ccc(-c2cc(Cl)ccc2Cl)o1. The fourth-order valence-electron chi connectivity index (χ4n) is 1.92. The van der Waals surface area contributed by atoms with Crippen LogP contribution in [0.25, 0.3) is 11.3 Å². The Labute approximate surface area is 150 Å². The summed E-state index contributed by atoms with van der Waals surface area (Å²) in [5, 5.41) is 3.68. The number of amides is 1. The Morgan fingerprint density at radius 1 is 1.13 bits per heavy atom. The largest absolute Gasteiger partial charge is 0.451 e. The van der Waals surface area contributed by atoms with Crippen molar-refractivity contribution in [2.45, 2.75) is 0 Å². The summed E-state index contributed by atoms with van der Waals surface area (Å²) >= 11 is 15.4. The molecule has 1 N–H and O–H groups in total. The molecule has 0 atom stereocenters. The molecule has 0 unspecified atom stereocenters. The first-order valence-electron chi connectivity index (χ1n) is 6.51. The van der Waals surface area contributed by atoms with E-state index in [1.165, 1.54) is 0 Å². The smallest absolute Gasteiger partial charge is 0.292 e. The molecule has 0 aliphatic carbocycles. The molecule has 7 heteroatoms. The Morgan fingerprint density at radius 2 is 1.96 bits per heavy atom. The van der Waals surface area contributed by atoms with Gasteiger partial charge in [-0.3, -0.25) is 4.79 Å². The number of nitrogens with zero attached hydrogens (tertiary/aromatic N) is 1. The molecular formula is C16H9BrCl2N2O2. The van der Waals surface area contributed by atoms with Crippen LogP contribution < -0.4 is 5.32 Å². The molecule has 0 fully saturated rings. The maximum absolute atomic E-state index is 12.2. The first kappa shape index (κ1) is 16.1. The molecule has 3 aromatic rings. The van der Waals surface area contributed by atoms with E-state index in [-0.39, 0.29) is 5.76 Å². The van der Waals surface area contributed by atoms with Crippen molar-refractivity contribution in [3.63, 3.8) is 0 Å². The van der Waals surface area contributed by atoms with Crippen LogP contribution in [0.1, 0.15) is 10.6 Å².